The minimum absolute atomic E-state index is 0.358. The van der Waals surface area contributed by atoms with E-state index >= 15 is 0 Å². The van der Waals surface area contributed by atoms with Crippen LogP contribution < -0.4 is 0 Å². The lowest BCUT2D eigenvalue weighted by atomic mass is 9.94. The summed E-state index contributed by atoms with van der Waals surface area (Å²) in [6.45, 7) is 4.60. The van der Waals surface area contributed by atoms with E-state index in [1.54, 1.807) is 0 Å². The highest BCUT2D eigenvalue weighted by Gasteiger charge is 2.24. The Hall–Kier alpha value is -1.41. The molecule has 1 fully saturated rings. The van der Waals surface area contributed by atoms with E-state index in [0.29, 0.717) is 12.3 Å². The van der Waals surface area contributed by atoms with E-state index in [0.717, 1.165) is 50.4 Å². The predicted molar refractivity (Wildman–Crippen MR) is 62.4 cm³/mol. The monoisotopic (exact) mass is 234 g/mol. The van der Waals surface area contributed by atoms with Gasteiger partial charge in [-0.3, -0.25) is 0 Å². The number of aryl methyl sites for hydroxylation is 1. The van der Waals surface area contributed by atoms with Crippen molar-refractivity contribution in [3.05, 3.63) is 11.4 Å². The maximum atomic E-state index is 8.83. The lowest BCUT2D eigenvalue weighted by Gasteiger charge is -2.23. The maximum Gasteiger partial charge on any atom is 0.100 e. The van der Waals surface area contributed by atoms with Gasteiger partial charge in [-0.25, -0.2) is 4.68 Å². The highest BCUT2D eigenvalue weighted by molar-refractivity contribution is 5.19. The average Bonchev–Trinajstić information content (AvgIpc) is 2.74. The van der Waals surface area contributed by atoms with Gasteiger partial charge >= 0.3 is 0 Å². The Morgan fingerprint density at radius 2 is 2.24 bits per heavy atom. The Kier molecular flexibility index (Phi) is 4.10. The minimum atomic E-state index is 0.358. The van der Waals surface area contributed by atoms with E-state index in [2.05, 4.69) is 23.3 Å². The highest BCUT2D eigenvalue weighted by Crippen LogP contribution is 2.28. The second kappa shape index (κ2) is 5.78. The van der Waals surface area contributed by atoms with Gasteiger partial charge in [0.2, 0.25) is 0 Å². The molecular weight excluding hydrogens is 216 g/mol. The number of ether oxygens (including phenoxy) is 1. The fourth-order valence-electron chi connectivity index (χ4n) is 2.35. The Bertz CT molecular complexity index is 401. The quantitative estimate of drug-likeness (QED) is 0.794. The second-order valence-corrected chi connectivity index (χ2v) is 4.37. The summed E-state index contributed by atoms with van der Waals surface area (Å²) in [6, 6.07) is 2.17. The van der Waals surface area contributed by atoms with Crippen molar-refractivity contribution >= 4 is 0 Å². The molecule has 5 nitrogen and oxygen atoms in total. The standard InChI is InChI=1S/C12H18N4O/c1-2-7-16-12(10-4-8-17-9-5-10)11(3-6-13)14-15-16/h10H,2-5,7-9H2,1H3. The van der Waals surface area contributed by atoms with Gasteiger partial charge in [-0.05, 0) is 19.3 Å². The first-order chi connectivity index (χ1) is 8.36. The number of nitrogens with zero attached hydrogens (tertiary/aromatic N) is 4. The molecule has 5 heteroatoms. The Morgan fingerprint density at radius 3 is 2.88 bits per heavy atom. The summed E-state index contributed by atoms with van der Waals surface area (Å²) in [6.07, 6.45) is 3.41. The molecule has 0 aliphatic carbocycles. The summed E-state index contributed by atoms with van der Waals surface area (Å²) in [5, 5.41) is 17.2. The first kappa shape index (κ1) is 12.1. The van der Waals surface area contributed by atoms with E-state index in [9.17, 15) is 0 Å². The topological polar surface area (TPSA) is 63.7 Å². The zero-order valence-electron chi connectivity index (χ0n) is 10.2. The van der Waals surface area contributed by atoms with Crippen molar-refractivity contribution in [1.82, 2.24) is 15.0 Å². The Labute approximate surface area is 101 Å². The van der Waals surface area contributed by atoms with Crippen LogP contribution in [-0.2, 0) is 17.7 Å². The number of nitriles is 1. The van der Waals surface area contributed by atoms with Crippen LogP contribution in [0.3, 0.4) is 0 Å². The Balaban J connectivity index is 2.26. The first-order valence-electron chi connectivity index (χ1n) is 6.23. The maximum absolute atomic E-state index is 8.83. The number of aromatic nitrogens is 3. The predicted octanol–water partition coefficient (Wildman–Crippen LogP) is 1.65. The summed E-state index contributed by atoms with van der Waals surface area (Å²) in [7, 11) is 0. The summed E-state index contributed by atoms with van der Waals surface area (Å²) in [5.74, 6) is 0.452. The van der Waals surface area contributed by atoms with E-state index in [4.69, 9.17) is 10.00 Å². The van der Waals surface area contributed by atoms with Gasteiger partial charge in [0.25, 0.3) is 0 Å². The SMILES string of the molecule is CCCn1nnc(CC#N)c1C1CCOCC1. The third-order valence-electron chi connectivity index (χ3n) is 3.14. The molecule has 2 rings (SSSR count). The number of hydrogen-bond donors (Lipinski definition) is 0. The molecule has 0 aromatic carbocycles. The van der Waals surface area contributed by atoms with Crippen LogP contribution >= 0.6 is 0 Å². The molecular formula is C12H18N4O. The Morgan fingerprint density at radius 1 is 1.47 bits per heavy atom. The van der Waals surface area contributed by atoms with Crippen molar-refractivity contribution in [3.8, 4) is 6.07 Å². The van der Waals surface area contributed by atoms with Gasteiger partial charge in [0.15, 0.2) is 0 Å². The zero-order chi connectivity index (χ0) is 12.1. The van der Waals surface area contributed by atoms with Crippen LogP contribution in [-0.4, -0.2) is 28.2 Å². The second-order valence-electron chi connectivity index (χ2n) is 4.37. The van der Waals surface area contributed by atoms with E-state index in [-0.39, 0.29) is 0 Å². The minimum Gasteiger partial charge on any atom is -0.381 e. The smallest absolute Gasteiger partial charge is 0.100 e. The van der Waals surface area contributed by atoms with Gasteiger partial charge in [0.1, 0.15) is 5.69 Å². The van der Waals surface area contributed by atoms with Crippen LogP contribution in [0, 0.1) is 11.3 Å². The molecule has 1 aromatic rings. The van der Waals surface area contributed by atoms with Crippen molar-refractivity contribution in [3.63, 3.8) is 0 Å². The third-order valence-corrected chi connectivity index (χ3v) is 3.14. The van der Waals surface area contributed by atoms with E-state index in [1.807, 2.05) is 4.68 Å². The van der Waals surface area contributed by atoms with Gasteiger partial charge in [0, 0.05) is 25.7 Å². The molecule has 92 valence electrons. The molecule has 0 amide bonds. The van der Waals surface area contributed by atoms with Gasteiger partial charge in [0.05, 0.1) is 18.2 Å². The first-order valence-corrected chi connectivity index (χ1v) is 6.23. The highest BCUT2D eigenvalue weighted by atomic mass is 16.5. The summed E-state index contributed by atoms with van der Waals surface area (Å²) < 4.78 is 7.36. The molecule has 1 aliphatic rings. The molecule has 0 bridgehead atoms. The largest absolute Gasteiger partial charge is 0.381 e. The molecule has 1 aromatic heterocycles. The van der Waals surface area contributed by atoms with Gasteiger partial charge in [-0.15, -0.1) is 5.10 Å². The third kappa shape index (κ3) is 2.64. The molecule has 0 N–H and O–H groups in total. The molecule has 1 aliphatic heterocycles. The number of rotatable bonds is 4. The molecule has 0 unspecified atom stereocenters. The van der Waals surface area contributed by atoms with Crippen molar-refractivity contribution < 1.29 is 4.74 Å². The number of hydrogen-bond acceptors (Lipinski definition) is 4. The normalized spacial score (nSPS) is 16.9. The van der Waals surface area contributed by atoms with Crippen LogP contribution in [0.2, 0.25) is 0 Å². The summed E-state index contributed by atoms with van der Waals surface area (Å²) in [4.78, 5) is 0. The van der Waals surface area contributed by atoms with E-state index < -0.39 is 0 Å². The fraction of sp³-hybridized carbons (Fsp3) is 0.750. The van der Waals surface area contributed by atoms with Crippen molar-refractivity contribution in [1.29, 1.82) is 5.26 Å². The zero-order valence-corrected chi connectivity index (χ0v) is 10.2. The van der Waals surface area contributed by atoms with Crippen LogP contribution in [0.5, 0.6) is 0 Å². The van der Waals surface area contributed by atoms with Crippen LogP contribution in [0.1, 0.15) is 43.5 Å². The van der Waals surface area contributed by atoms with Crippen LogP contribution in [0.25, 0.3) is 0 Å². The fourth-order valence-corrected chi connectivity index (χ4v) is 2.35. The summed E-state index contributed by atoms with van der Waals surface area (Å²) in [5.41, 5.74) is 2.02. The molecule has 0 radical (unpaired) electrons. The van der Waals surface area contributed by atoms with Crippen LogP contribution in [0.4, 0.5) is 0 Å². The molecule has 0 spiro atoms. The van der Waals surface area contributed by atoms with Crippen molar-refractivity contribution in [2.24, 2.45) is 0 Å². The lowest BCUT2D eigenvalue weighted by molar-refractivity contribution is 0.0833. The average molecular weight is 234 g/mol. The van der Waals surface area contributed by atoms with Crippen molar-refractivity contribution in [2.45, 2.75) is 45.1 Å². The molecule has 2 heterocycles. The molecule has 0 saturated carbocycles. The van der Waals surface area contributed by atoms with Crippen molar-refractivity contribution in [2.75, 3.05) is 13.2 Å². The molecule has 0 atom stereocenters. The molecule has 1 saturated heterocycles. The van der Waals surface area contributed by atoms with Gasteiger partial charge in [-0.2, -0.15) is 5.26 Å². The van der Waals surface area contributed by atoms with Gasteiger partial charge < -0.3 is 4.74 Å². The lowest BCUT2D eigenvalue weighted by Crippen LogP contribution is -2.19. The van der Waals surface area contributed by atoms with E-state index in [1.165, 1.54) is 0 Å². The molecule has 17 heavy (non-hydrogen) atoms. The summed E-state index contributed by atoms with van der Waals surface area (Å²) >= 11 is 0. The van der Waals surface area contributed by atoms with Gasteiger partial charge in [-0.1, -0.05) is 12.1 Å². The van der Waals surface area contributed by atoms with Crippen LogP contribution in [0.15, 0.2) is 0 Å².